The zero-order valence-corrected chi connectivity index (χ0v) is 29.0. The van der Waals surface area contributed by atoms with Crippen LogP contribution in [0, 0.1) is 12.7 Å². The molecule has 0 radical (unpaired) electrons. The molecule has 0 bridgehead atoms. The molecule has 2 aliphatic heterocycles. The summed E-state index contributed by atoms with van der Waals surface area (Å²) in [5.41, 5.74) is 3.58. The fraction of sp³-hybridized carbons (Fsp3) is 0.361. The lowest BCUT2D eigenvalue weighted by Gasteiger charge is -2.50. The minimum atomic E-state index is -0.767. The van der Waals surface area contributed by atoms with Crippen LogP contribution >= 0.6 is 11.6 Å². The molecule has 1 aromatic carbocycles. The molecule has 2 amide bonds. The Morgan fingerprint density at radius 2 is 1.90 bits per heavy atom. The molecule has 3 aromatic heterocycles. The van der Waals surface area contributed by atoms with E-state index in [1.54, 1.807) is 30.3 Å². The van der Waals surface area contributed by atoms with Crippen LogP contribution in [0.5, 0.6) is 0 Å². The predicted octanol–water partition coefficient (Wildman–Crippen LogP) is 5.30. The number of hydrogen-bond donors (Lipinski definition) is 0. The van der Waals surface area contributed by atoms with Crippen LogP contribution in [-0.4, -0.2) is 82.5 Å². The minimum Gasteiger partial charge on any atom is -0.351 e. The van der Waals surface area contributed by atoms with E-state index in [4.69, 9.17) is 16.6 Å². The number of fused-ring (bicyclic) bond motifs is 5. The number of nitrogens with zero attached hydrogens (tertiary/aromatic N) is 7. The molecular weight excluding hydrogens is 633 g/mol. The third kappa shape index (κ3) is 5.25. The summed E-state index contributed by atoms with van der Waals surface area (Å²) in [5.74, 6) is -1.15. The van der Waals surface area contributed by atoms with Gasteiger partial charge in [-0.05, 0) is 69.3 Å². The molecule has 10 nitrogen and oxygen atoms in total. The maximum absolute atomic E-state index is 15.8. The Hall–Kier alpha value is -4.61. The second kappa shape index (κ2) is 12.4. The number of anilines is 2. The summed E-state index contributed by atoms with van der Waals surface area (Å²) >= 11 is 7.07. The van der Waals surface area contributed by atoms with Gasteiger partial charge in [0.15, 0.2) is 5.65 Å². The van der Waals surface area contributed by atoms with Crippen LogP contribution in [0.2, 0.25) is 5.02 Å². The first-order valence-electron chi connectivity index (χ1n) is 15.9. The number of aryl methyl sites for hydroxylation is 1. The van der Waals surface area contributed by atoms with Gasteiger partial charge in [-0.15, -0.1) is 0 Å². The van der Waals surface area contributed by atoms with Crippen molar-refractivity contribution < 1.29 is 14.0 Å². The third-order valence-corrected chi connectivity index (χ3v) is 9.47. The smallest absolute Gasteiger partial charge is 0.283 e. The number of halogens is 2. The average Bonchev–Trinajstić information content (AvgIpc) is 3.03. The van der Waals surface area contributed by atoms with Crippen molar-refractivity contribution >= 4 is 45.8 Å². The summed E-state index contributed by atoms with van der Waals surface area (Å²) in [6.07, 6.45) is 2.94. The summed E-state index contributed by atoms with van der Waals surface area (Å²) in [6.45, 7) is 12.3. The molecule has 0 spiro atoms. The number of pyridine rings is 3. The summed E-state index contributed by atoms with van der Waals surface area (Å²) in [6, 6.07) is 7.27. The first-order valence-corrected chi connectivity index (χ1v) is 16.3. The molecule has 48 heavy (non-hydrogen) atoms. The van der Waals surface area contributed by atoms with E-state index in [0.29, 0.717) is 41.1 Å². The number of amides is 2. The molecule has 2 aliphatic rings. The lowest BCUT2D eigenvalue weighted by atomic mass is 9.96. The average molecular weight is 672 g/mol. The van der Waals surface area contributed by atoms with Crippen LogP contribution in [0.3, 0.4) is 0 Å². The van der Waals surface area contributed by atoms with Crippen LogP contribution in [0.1, 0.15) is 43.5 Å². The first kappa shape index (κ1) is 33.3. The lowest BCUT2D eigenvalue weighted by Crippen LogP contribution is -2.66. The molecule has 250 valence electrons. The quantitative estimate of drug-likeness (QED) is 0.257. The highest BCUT2D eigenvalue weighted by molar-refractivity contribution is 6.34. The van der Waals surface area contributed by atoms with Gasteiger partial charge in [0, 0.05) is 43.3 Å². The number of benzene rings is 1. The minimum absolute atomic E-state index is 0.0675. The molecule has 0 aliphatic carbocycles. The maximum Gasteiger partial charge on any atom is 0.283 e. The number of carbonyl (C=O) groups excluding carboxylic acids is 2. The summed E-state index contributed by atoms with van der Waals surface area (Å²) in [5, 5.41) is 0.706. The number of hydrogen-bond acceptors (Lipinski definition) is 7. The van der Waals surface area contributed by atoms with Gasteiger partial charge in [0.1, 0.15) is 17.5 Å². The van der Waals surface area contributed by atoms with Crippen molar-refractivity contribution in [2.45, 2.75) is 52.2 Å². The van der Waals surface area contributed by atoms with E-state index in [0.717, 1.165) is 5.56 Å². The Morgan fingerprint density at radius 1 is 1.17 bits per heavy atom. The molecule has 0 N–H and O–H groups in total. The fourth-order valence-electron chi connectivity index (χ4n) is 7.09. The van der Waals surface area contributed by atoms with Gasteiger partial charge < -0.3 is 19.6 Å². The summed E-state index contributed by atoms with van der Waals surface area (Å²) in [7, 11) is 5.36. The Bertz CT molecular complexity index is 2060. The van der Waals surface area contributed by atoms with Gasteiger partial charge in [0.05, 0.1) is 34.3 Å². The van der Waals surface area contributed by atoms with Crippen LogP contribution in [-0.2, 0) is 16.1 Å². The highest BCUT2D eigenvalue weighted by atomic mass is 35.5. The zero-order valence-electron chi connectivity index (χ0n) is 28.2. The van der Waals surface area contributed by atoms with E-state index in [-0.39, 0.29) is 57.9 Å². The van der Waals surface area contributed by atoms with E-state index in [9.17, 15) is 9.59 Å². The van der Waals surface area contributed by atoms with Gasteiger partial charge in [-0.3, -0.25) is 23.9 Å². The van der Waals surface area contributed by atoms with Gasteiger partial charge in [-0.2, -0.15) is 0 Å². The monoisotopic (exact) mass is 671 g/mol. The summed E-state index contributed by atoms with van der Waals surface area (Å²) < 4.78 is 17.3. The first-order chi connectivity index (χ1) is 22.8. The predicted molar refractivity (Wildman–Crippen MR) is 188 cm³/mol. The Morgan fingerprint density at radius 3 is 2.56 bits per heavy atom. The number of likely N-dealkylation sites (N-methyl/N-ethyl adjacent to an activating group) is 1. The van der Waals surface area contributed by atoms with Crippen molar-refractivity contribution in [1.82, 2.24) is 24.3 Å². The van der Waals surface area contributed by atoms with Gasteiger partial charge in [-0.1, -0.05) is 44.2 Å². The van der Waals surface area contributed by atoms with Crippen molar-refractivity contribution in [2.24, 2.45) is 0 Å². The van der Waals surface area contributed by atoms with Crippen molar-refractivity contribution in [3.63, 3.8) is 0 Å². The Labute approximate surface area is 284 Å². The van der Waals surface area contributed by atoms with E-state index >= 15 is 9.18 Å². The normalized spacial score (nSPS) is 17.7. The number of rotatable bonds is 6. The fourth-order valence-corrected chi connectivity index (χ4v) is 7.34. The van der Waals surface area contributed by atoms with E-state index < -0.39 is 17.4 Å². The van der Waals surface area contributed by atoms with Crippen molar-refractivity contribution in [1.29, 1.82) is 0 Å². The Balaban J connectivity index is 1.76. The third-order valence-electron chi connectivity index (χ3n) is 9.18. The van der Waals surface area contributed by atoms with Gasteiger partial charge in [0.25, 0.3) is 11.5 Å². The molecule has 12 heteroatoms. The molecule has 6 rings (SSSR count). The summed E-state index contributed by atoms with van der Waals surface area (Å²) in [4.78, 5) is 58.3. The molecule has 5 heterocycles. The molecule has 1 saturated heterocycles. The van der Waals surface area contributed by atoms with Crippen molar-refractivity contribution in [3.05, 3.63) is 87.2 Å². The largest absolute Gasteiger partial charge is 0.351 e. The standard InChI is InChI=1S/C36H39ClFN7O3/c1-9-27(46)43-16-21(5)44-26(18-43)35(47)42(8)33-32(44)23-15-24(37)30(28-22(17-41(6)7)11-10-12-25(28)38)40-34(23)45(36(33)48)31-20(4)13-14-39-29(31)19(2)3/h9-15,19,21,26H,1,16-18H2,2-8H3/t21-,26+/m0/s1. The number of aromatic nitrogens is 3. The molecule has 0 saturated carbocycles. The van der Waals surface area contributed by atoms with Crippen LogP contribution in [0.15, 0.2) is 54.0 Å². The number of carbonyl (C=O) groups is 2. The van der Waals surface area contributed by atoms with E-state index in [2.05, 4.69) is 11.6 Å². The lowest BCUT2D eigenvalue weighted by molar-refractivity contribution is -0.129. The molecule has 1 fully saturated rings. The van der Waals surface area contributed by atoms with Crippen LogP contribution in [0.25, 0.3) is 28.0 Å². The molecular formula is C36H39ClFN7O3. The van der Waals surface area contributed by atoms with Crippen LogP contribution in [0.4, 0.5) is 15.8 Å². The zero-order chi connectivity index (χ0) is 34.8. The Kier molecular flexibility index (Phi) is 8.63. The van der Waals surface area contributed by atoms with E-state index in [1.165, 1.54) is 21.6 Å². The topological polar surface area (TPSA) is 94.9 Å². The van der Waals surface area contributed by atoms with Gasteiger partial charge in [0.2, 0.25) is 5.91 Å². The maximum atomic E-state index is 15.8. The molecule has 4 aromatic rings. The van der Waals surface area contributed by atoms with Gasteiger partial charge >= 0.3 is 0 Å². The van der Waals surface area contributed by atoms with Crippen molar-refractivity contribution in [3.8, 4) is 16.9 Å². The van der Waals surface area contributed by atoms with Crippen molar-refractivity contribution in [2.75, 3.05) is 44.0 Å². The SMILES string of the molecule is C=CC(=O)N1C[C@@H]2C(=O)N(C)c3c(c4cc(Cl)c(-c5c(F)cccc5CN(C)C)nc4n(-c4c(C)ccnc4C(C)C)c3=O)N2[C@@H](C)C1. The highest BCUT2D eigenvalue weighted by Gasteiger charge is 2.46. The number of piperazine rings is 1. The second-order valence-corrected chi connectivity index (χ2v) is 13.6. The molecule has 0 unspecified atom stereocenters. The van der Waals surface area contributed by atoms with E-state index in [1.807, 2.05) is 63.7 Å². The van der Waals surface area contributed by atoms with Crippen LogP contribution < -0.4 is 15.4 Å². The molecule has 2 atom stereocenters. The highest BCUT2D eigenvalue weighted by Crippen LogP contribution is 2.45. The second-order valence-electron chi connectivity index (χ2n) is 13.2. The van der Waals surface area contributed by atoms with Gasteiger partial charge in [-0.25, -0.2) is 9.37 Å².